The van der Waals surface area contributed by atoms with Crippen LogP contribution in [0, 0.1) is 13.8 Å². The van der Waals surface area contributed by atoms with Gasteiger partial charge in [-0.15, -0.1) is 0 Å². The quantitative estimate of drug-likeness (QED) is 0.267. The number of aromatic nitrogens is 1. The first-order valence-corrected chi connectivity index (χ1v) is 11.7. The van der Waals surface area contributed by atoms with E-state index in [2.05, 4.69) is 77.1 Å². The van der Waals surface area contributed by atoms with Crippen molar-refractivity contribution in [3.8, 4) is 22.6 Å². The highest BCUT2D eigenvalue weighted by molar-refractivity contribution is 6.03. The number of aryl methyl sites for hydroxylation is 2. The van der Waals surface area contributed by atoms with Crippen molar-refractivity contribution in [2.24, 2.45) is 0 Å². The summed E-state index contributed by atoms with van der Waals surface area (Å²) in [5, 5.41) is 4.67. The standard InChI is InChI=1S/C31H27NO2/c1-18-17-33-25-12-8-11-23(27(18)25)30-19(2)28-26(34-30)13-14-32-29(28)21-15-20-9-6-7-10-22(20)24(16-21)31(3,4)5/h6-17H,1-5H3. The molecule has 0 fully saturated rings. The van der Waals surface area contributed by atoms with Crippen molar-refractivity contribution >= 4 is 32.7 Å². The van der Waals surface area contributed by atoms with Crippen LogP contribution in [0.15, 0.2) is 82.0 Å². The summed E-state index contributed by atoms with van der Waals surface area (Å²) in [5.41, 5.74) is 8.37. The van der Waals surface area contributed by atoms with Crippen LogP contribution in [0.2, 0.25) is 0 Å². The molecular formula is C31H27NO2. The smallest absolute Gasteiger partial charge is 0.139 e. The van der Waals surface area contributed by atoms with E-state index in [-0.39, 0.29) is 5.41 Å². The van der Waals surface area contributed by atoms with Gasteiger partial charge in [-0.2, -0.15) is 0 Å². The molecule has 0 unspecified atom stereocenters. The maximum atomic E-state index is 6.48. The van der Waals surface area contributed by atoms with Crippen LogP contribution in [0.5, 0.6) is 0 Å². The molecule has 0 saturated carbocycles. The first kappa shape index (κ1) is 20.7. The maximum absolute atomic E-state index is 6.48. The summed E-state index contributed by atoms with van der Waals surface area (Å²) in [6, 6.07) is 21.2. The van der Waals surface area contributed by atoms with Crippen molar-refractivity contribution in [2.75, 3.05) is 0 Å². The normalized spacial score (nSPS) is 12.3. The summed E-state index contributed by atoms with van der Waals surface area (Å²) in [6.07, 6.45) is 3.66. The van der Waals surface area contributed by atoms with Gasteiger partial charge >= 0.3 is 0 Å². The van der Waals surface area contributed by atoms with Crippen LogP contribution >= 0.6 is 0 Å². The van der Waals surface area contributed by atoms with Gasteiger partial charge in [0.15, 0.2) is 0 Å². The lowest BCUT2D eigenvalue weighted by Gasteiger charge is -2.22. The fourth-order valence-electron chi connectivity index (χ4n) is 5.17. The van der Waals surface area contributed by atoms with E-state index in [0.29, 0.717) is 0 Å². The molecule has 6 rings (SSSR count). The number of nitrogens with zero attached hydrogens (tertiary/aromatic N) is 1. The molecule has 0 bridgehead atoms. The van der Waals surface area contributed by atoms with Crippen molar-refractivity contribution in [1.82, 2.24) is 4.98 Å². The second kappa shape index (κ2) is 7.33. The Hall–Kier alpha value is -3.85. The monoisotopic (exact) mass is 445 g/mol. The average molecular weight is 446 g/mol. The summed E-state index contributed by atoms with van der Waals surface area (Å²) in [6.45, 7) is 11.0. The number of benzene rings is 3. The fraction of sp³-hybridized carbons (Fsp3) is 0.194. The van der Waals surface area contributed by atoms with Crippen LogP contribution in [0.3, 0.4) is 0 Å². The first-order chi connectivity index (χ1) is 16.3. The molecule has 3 nitrogen and oxygen atoms in total. The van der Waals surface area contributed by atoms with E-state index in [9.17, 15) is 0 Å². The van der Waals surface area contributed by atoms with Crippen LogP contribution in [0.1, 0.15) is 37.5 Å². The summed E-state index contributed by atoms with van der Waals surface area (Å²) < 4.78 is 12.2. The third-order valence-corrected chi connectivity index (χ3v) is 6.81. The van der Waals surface area contributed by atoms with Crippen LogP contribution < -0.4 is 0 Å². The average Bonchev–Trinajstić information content (AvgIpc) is 3.37. The van der Waals surface area contributed by atoms with Crippen LogP contribution in [0.4, 0.5) is 0 Å². The van der Waals surface area contributed by atoms with Gasteiger partial charge in [-0.25, -0.2) is 0 Å². The second-order valence-electron chi connectivity index (χ2n) is 10.2. The Morgan fingerprint density at radius 2 is 1.65 bits per heavy atom. The number of rotatable bonds is 2. The van der Waals surface area contributed by atoms with Gasteiger partial charge in [0.05, 0.1) is 17.3 Å². The molecule has 0 aliphatic carbocycles. The van der Waals surface area contributed by atoms with Crippen LogP contribution in [0.25, 0.3) is 55.3 Å². The van der Waals surface area contributed by atoms with E-state index in [1.54, 1.807) is 0 Å². The number of furan rings is 2. The zero-order valence-corrected chi connectivity index (χ0v) is 20.2. The third-order valence-electron chi connectivity index (χ3n) is 6.81. The zero-order valence-electron chi connectivity index (χ0n) is 20.2. The highest BCUT2D eigenvalue weighted by Gasteiger charge is 2.23. The van der Waals surface area contributed by atoms with Gasteiger partial charge in [-0.3, -0.25) is 4.98 Å². The molecule has 0 aliphatic rings. The Bertz CT molecular complexity index is 1710. The Morgan fingerprint density at radius 3 is 2.47 bits per heavy atom. The van der Waals surface area contributed by atoms with Gasteiger partial charge in [0, 0.05) is 28.3 Å². The summed E-state index contributed by atoms with van der Waals surface area (Å²) in [5.74, 6) is 0.871. The number of hydrogen-bond acceptors (Lipinski definition) is 3. The highest BCUT2D eigenvalue weighted by atomic mass is 16.3. The summed E-state index contributed by atoms with van der Waals surface area (Å²) >= 11 is 0. The summed E-state index contributed by atoms with van der Waals surface area (Å²) in [7, 11) is 0. The SMILES string of the molecule is Cc1coc2cccc(-c3oc4ccnc(-c5cc(C(C)(C)C)c6ccccc6c5)c4c3C)c12. The van der Waals surface area contributed by atoms with Gasteiger partial charge in [-0.1, -0.05) is 57.2 Å². The lowest BCUT2D eigenvalue weighted by molar-refractivity contribution is 0.596. The third kappa shape index (κ3) is 3.07. The van der Waals surface area contributed by atoms with Crippen molar-refractivity contribution < 1.29 is 8.83 Å². The Morgan fingerprint density at radius 1 is 0.824 bits per heavy atom. The number of fused-ring (bicyclic) bond motifs is 3. The van der Waals surface area contributed by atoms with Crippen LogP contribution in [-0.2, 0) is 5.41 Å². The lowest BCUT2D eigenvalue weighted by atomic mass is 9.82. The van der Waals surface area contributed by atoms with Gasteiger partial charge in [0.2, 0.25) is 0 Å². The minimum atomic E-state index is 0.00850. The molecule has 168 valence electrons. The van der Waals surface area contributed by atoms with E-state index in [1.807, 2.05) is 30.7 Å². The number of hydrogen-bond donors (Lipinski definition) is 0. The zero-order chi connectivity index (χ0) is 23.6. The molecular weight excluding hydrogens is 418 g/mol. The molecule has 0 amide bonds. The topological polar surface area (TPSA) is 39.2 Å². The van der Waals surface area contributed by atoms with E-state index in [1.165, 1.54) is 16.3 Å². The van der Waals surface area contributed by atoms with Crippen molar-refractivity contribution in [3.05, 3.63) is 89.8 Å². The van der Waals surface area contributed by atoms with E-state index >= 15 is 0 Å². The molecule has 0 aliphatic heterocycles. The predicted octanol–water partition coefficient (Wildman–Crippen LogP) is 8.98. The molecule has 0 saturated heterocycles. The van der Waals surface area contributed by atoms with Gasteiger partial charge in [0.25, 0.3) is 0 Å². The molecule has 0 atom stereocenters. The van der Waals surface area contributed by atoms with Crippen LogP contribution in [-0.4, -0.2) is 4.98 Å². The summed E-state index contributed by atoms with van der Waals surface area (Å²) in [4.78, 5) is 4.87. The minimum absolute atomic E-state index is 0.00850. The Balaban J connectivity index is 1.64. The Labute approximate surface area is 199 Å². The molecule has 0 radical (unpaired) electrons. The van der Waals surface area contributed by atoms with Gasteiger partial charge < -0.3 is 8.83 Å². The fourth-order valence-corrected chi connectivity index (χ4v) is 5.17. The maximum Gasteiger partial charge on any atom is 0.139 e. The molecule has 3 aromatic carbocycles. The van der Waals surface area contributed by atoms with Crippen molar-refractivity contribution in [2.45, 2.75) is 40.0 Å². The lowest BCUT2D eigenvalue weighted by Crippen LogP contribution is -2.12. The predicted molar refractivity (Wildman–Crippen MR) is 140 cm³/mol. The molecule has 6 aromatic rings. The highest BCUT2D eigenvalue weighted by Crippen LogP contribution is 2.42. The van der Waals surface area contributed by atoms with Gasteiger partial charge in [0.1, 0.15) is 16.9 Å². The second-order valence-corrected chi connectivity index (χ2v) is 10.2. The molecule has 3 aromatic heterocycles. The largest absolute Gasteiger partial charge is 0.464 e. The molecule has 0 N–H and O–H groups in total. The molecule has 34 heavy (non-hydrogen) atoms. The Kier molecular flexibility index (Phi) is 4.47. The van der Waals surface area contributed by atoms with Gasteiger partial charge in [-0.05, 0) is 65.4 Å². The van der Waals surface area contributed by atoms with E-state index in [0.717, 1.165) is 55.6 Å². The molecule has 3 heteroatoms. The first-order valence-electron chi connectivity index (χ1n) is 11.7. The molecule has 0 spiro atoms. The number of pyridine rings is 1. The van der Waals surface area contributed by atoms with Crippen molar-refractivity contribution in [3.63, 3.8) is 0 Å². The van der Waals surface area contributed by atoms with E-state index < -0.39 is 0 Å². The minimum Gasteiger partial charge on any atom is -0.464 e. The molecule has 3 heterocycles. The van der Waals surface area contributed by atoms with E-state index in [4.69, 9.17) is 13.8 Å². The van der Waals surface area contributed by atoms with Crippen molar-refractivity contribution in [1.29, 1.82) is 0 Å².